The van der Waals surface area contributed by atoms with Gasteiger partial charge in [0, 0.05) is 36.4 Å². The fourth-order valence-electron chi connectivity index (χ4n) is 6.54. The van der Waals surface area contributed by atoms with Gasteiger partial charge in [-0.3, -0.25) is 34.4 Å². The van der Waals surface area contributed by atoms with Gasteiger partial charge in [0.25, 0.3) is 11.8 Å². The third-order valence-electron chi connectivity index (χ3n) is 9.66. The van der Waals surface area contributed by atoms with Crippen LogP contribution in [-0.2, 0) is 15.0 Å². The fourth-order valence-corrected chi connectivity index (χ4v) is 6.54. The molecule has 1 saturated carbocycles. The standard InChI is InChI=1S/C38H37N5O7/c1-21(44)31-19-40-34(20-39-31)50-27-11-6-23(7-12-27)38(2,3)22-4-9-26(10-5-22)49-28-16-25(17-28)41-24-8-13-29-30(18-24)37(48)43(36(29)47)32-14-15-33(45)42-35(32)46/h4-13,18-21,25,28,32,41,44H,14-17H2,1-3H3,(H,42,45,46)/t21?,25-,28-,32?. The minimum absolute atomic E-state index is 0.0347. The summed E-state index contributed by atoms with van der Waals surface area (Å²) in [5.41, 5.74) is 3.67. The number of benzene rings is 3. The molecule has 3 aromatic carbocycles. The van der Waals surface area contributed by atoms with Crippen molar-refractivity contribution < 1.29 is 33.8 Å². The van der Waals surface area contributed by atoms with E-state index in [0.29, 0.717) is 23.0 Å². The van der Waals surface area contributed by atoms with Crippen LogP contribution < -0.4 is 20.1 Å². The molecule has 7 rings (SSSR count). The van der Waals surface area contributed by atoms with Crippen molar-refractivity contribution in [2.75, 3.05) is 5.32 Å². The monoisotopic (exact) mass is 675 g/mol. The molecule has 1 aliphatic carbocycles. The van der Waals surface area contributed by atoms with Crippen LogP contribution in [0.1, 0.15) is 90.1 Å². The molecule has 2 fully saturated rings. The number of nitrogens with zero attached hydrogens (tertiary/aromatic N) is 3. The molecule has 3 heterocycles. The number of amides is 4. The molecule has 4 amide bonds. The average molecular weight is 676 g/mol. The highest BCUT2D eigenvalue weighted by molar-refractivity contribution is 6.23. The number of aliphatic hydroxyl groups excluding tert-OH is 1. The normalized spacial score (nSPS) is 20.9. The molecule has 0 bridgehead atoms. The maximum atomic E-state index is 13.2. The van der Waals surface area contributed by atoms with Gasteiger partial charge in [-0.2, -0.15) is 0 Å². The summed E-state index contributed by atoms with van der Waals surface area (Å²) in [6.07, 6.45) is 4.07. The van der Waals surface area contributed by atoms with Gasteiger partial charge in [-0.15, -0.1) is 0 Å². The third-order valence-corrected chi connectivity index (χ3v) is 9.66. The molecule has 12 nitrogen and oxygen atoms in total. The number of anilines is 1. The van der Waals surface area contributed by atoms with E-state index in [0.717, 1.165) is 34.6 Å². The Bertz CT molecular complexity index is 1950. The van der Waals surface area contributed by atoms with Crippen LogP contribution in [0.15, 0.2) is 79.1 Å². The van der Waals surface area contributed by atoms with Crippen molar-refractivity contribution in [1.29, 1.82) is 0 Å². The van der Waals surface area contributed by atoms with Gasteiger partial charge in [0.1, 0.15) is 23.6 Å². The lowest BCUT2D eigenvalue weighted by molar-refractivity contribution is -0.136. The Hall–Kier alpha value is -5.62. The molecule has 1 aromatic heterocycles. The number of carbonyl (C=O) groups excluding carboxylic acids is 4. The second kappa shape index (κ2) is 13.0. The maximum absolute atomic E-state index is 13.2. The van der Waals surface area contributed by atoms with E-state index in [1.54, 1.807) is 25.1 Å². The van der Waals surface area contributed by atoms with Gasteiger partial charge in [-0.25, -0.2) is 4.98 Å². The molecule has 3 N–H and O–H groups in total. The molecule has 0 spiro atoms. The van der Waals surface area contributed by atoms with Gasteiger partial charge in [0.05, 0.1) is 35.3 Å². The van der Waals surface area contributed by atoms with E-state index in [1.807, 2.05) is 36.4 Å². The van der Waals surface area contributed by atoms with Gasteiger partial charge in [-0.1, -0.05) is 38.1 Å². The fraction of sp³-hybridized carbons (Fsp3) is 0.316. The van der Waals surface area contributed by atoms with E-state index in [4.69, 9.17) is 9.47 Å². The highest BCUT2D eigenvalue weighted by Crippen LogP contribution is 2.36. The summed E-state index contributed by atoms with van der Waals surface area (Å²) >= 11 is 0. The first-order chi connectivity index (χ1) is 24.0. The molecule has 2 aliphatic heterocycles. The molecule has 2 atom stereocenters. The minimum atomic E-state index is -0.989. The first-order valence-electron chi connectivity index (χ1n) is 16.6. The van der Waals surface area contributed by atoms with Crippen molar-refractivity contribution in [3.63, 3.8) is 0 Å². The predicted molar refractivity (Wildman–Crippen MR) is 182 cm³/mol. The molecule has 12 heteroatoms. The molecule has 256 valence electrons. The summed E-state index contributed by atoms with van der Waals surface area (Å²) in [5, 5.41) is 15.3. The molecule has 1 saturated heterocycles. The Kier molecular flexibility index (Phi) is 8.56. The molecule has 3 aliphatic rings. The number of aromatic nitrogens is 2. The van der Waals surface area contributed by atoms with Crippen LogP contribution in [0.2, 0.25) is 0 Å². The van der Waals surface area contributed by atoms with Crippen molar-refractivity contribution in [1.82, 2.24) is 20.2 Å². The Morgan fingerprint density at radius 1 is 0.880 bits per heavy atom. The molecule has 50 heavy (non-hydrogen) atoms. The van der Waals surface area contributed by atoms with Gasteiger partial charge in [0.15, 0.2) is 0 Å². The number of imide groups is 2. The zero-order chi connectivity index (χ0) is 35.2. The van der Waals surface area contributed by atoms with E-state index in [-0.39, 0.29) is 41.5 Å². The lowest BCUT2D eigenvalue weighted by Gasteiger charge is -2.36. The smallest absolute Gasteiger partial charge is 0.262 e. The SMILES string of the molecule is CC(O)c1cnc(Oc2ccc(C(C)(C)c3ccc(O[C@H]4C[C@H](Nc5ccc6c(c5)C(=O)N(C5CCC(=O)NC5=O)C6=O)C4)cc3)cc2)cn1. The molecular weight excluding hydrogens is 638 g/mol. The second-order valence-corrected chi connectivity index (χ2v) is 13.5. The Labute approximate surface area is 288 Å². The lowest BCUT2D eigenvalue weighted by atomic mass is 9.78. The molecular formula is C38H37N5O7. The van der Waals surface area contributed by atoms with Gasteiger partial charge < -0.3 is 19.9 Å². The van der Waals surface area contributed by atoms with Crippen molar-refractivity contribution in [2.45, 2.75) is 76.2 Å². The van der Waals surface area contributed by atoms with Crippen molar-refractivity contribution in [3.8, 4) is 17.4 Å². The van der Waals surface area contributed by atoms with Crippen LogP contribution in [0.5, 0.6) is 17.4 Å². The average Bonchev–Trinajstić information content (AvgIpc) is 3.32. The summed E-state index contributed by atoms with van der Waals surface area (Å²) in [4.78, 5) is 59.4. The number of rotatable bonds is 10. The van der Waals surface area contributed by atoms with Crippen molar-refractivity contribution in [3.05, 3.63) is 107 Å². The summed E-state index contributed by atoms with van der Waals surface area (Å²) in [6.45, 7) is 5.96. The second-order valence-electron chi connectivity index (χ2n) is 13.5. The largest absolute Gasteiger partial charge is 0.490 e. The molecule has 4 aromatic rings. The summed E-state index contributed by atoms with van der Waals surface area (Å²) < 4.78 is 12.1. The van der Waals surface area contributed by atoms with Gasteiger partial charge in [-0.05, 0) is 66.9 Å². The summed E-state index contributed by atoms with van der Waals surface area (Å²) in [5.74, 6) is -0.303. The molecule has 2 unspecified atom stereocenters. The van der Waals surface area contributed by atoms with E-state index in [2.05, 4.69) is 46.6 Å². The third kappa shape index (κ3) is 6.41. The highest BCUT2D eigenvalue weighted by Gasteiger charge is 2.44. The quantitative estimate of drug-likeness (QED) is 0.194. The molecule has 0 radical (unpaired) electrons. The first-order valence-corrected chi connectivity index (χ1v) is 16.6. The Balaban J connectivity index is 0.910. The number of piperidine rings is 1. The topological polar surface area (TPSA) is 160 Å². The van der Waals surface area contributed by atoms with Gasteiger partial charge in [0.2, 0.25) is 17.7 Å². The summed E-state index contributed by atoms with van der Waals surface area (Å²) in [6, 6.07) is 20.2. The highest BCUT2D eigenvalue weighted by atomic mass is 16.5. The predicted octanol–water partition coefficient (Wildman–Crippen LogP) is 5.07. The van der Waals surface area contributed by atoms with Crippen LogP contribution in [-0.4, -0.2) is 61.8 Å². The van der Waals surface area contributed by atoms with Crippen LogP contribution >= 0.6 is 0 Å². The van der Waals surface area contributed by atoms with Crippen LogP contribution in [0.4, 0.5) is 5.69 Å². The number of aliphatic hydroxyl groups is 1. The van der Waals surface area contributed by atoms with E-state index >= 15 is 0 Å². The van der Waals surface area contributed by atoms with Gasteiger partial charge >= 0.3 is 0 Å². The number of carbonyl (C=O) groups is 4. The van der Waals surface area contributed by atoms with E-state index < -0.39 is 35.8 Å². The number of ether oxygens (including phenoxy) is 2. The minimum Gasteiger partial charge on any atom is -0.490 e. The lowest BCUT2D eigenvalue weighted by Crippen LogP contribution is -2.54. The van der Waals surface area contributed by atoms with Crippen molar-refractivity contribution >= 4 is 29.3 Å². The Morgan fingerprint density at radius 2 is 1.54 bits per heavy atom. The van der Waals surface area contributed by atoms with Crippen LogP contribution in [0.25, 0.3) is 0 Å². The number of fused-ring (bicyclic) bond motifs is 1. The zero-order valence-electron chi connectivity index (χ0n) is 27.9. The number of hydrogen-bond donors (Lipinski definition) is 3. The van der Waals surface area contributed by atoms with Crippen molar-refractivity contribution in [2.24, 2.45) is 0 Å². The number of nitrogens with one attached hydrogen (secondary N) is 2. The summed E-state index contributed by atoms with van der Waals surface area (Å²) in [7, 11) is 0. The Morgan fingerprint density at radius 3 is 2.16 bits per heavy atom. The van der Waals surface area contributed by atoms with E-state index in [9.17, 15) is 24.3 Å². The zero-order valence-corrected chi connectivity index (χ0v) is 27.9. The van der Waals surface area contributed by atoms with Crippen LogP contribution in [0.3, 0.4) is 0 Å². The maximum Gasteiger partial charge on any atom is 0.262 e. The van der Waals surface area contributed by atoms with E-state index in [1.165, 1.54) is 12.4 Å². The number of hydrogen-bond acceptors (Lipinski definition) is 10. The van der Waals surface area contributed by atoms with Crippen LogP contribution in [0, 0.1) is 0 Å². The first kappa shape index (κ1) is 32.9.